The van der Waals surface area contributed by atoms with Gasteiger partial charge in [-0.25, -0.2) is 9.97 Å². The lowest BCUT2D eigenvalue weighted by Crippen LogP contribution is -2.23. The Labute approximate surface area is 82.3 Å². The summed E-state index contributed by atoms with van der Waals surface area (Å²) in [5.41, 5.74) is 6.36. The van der Waals surface area contributed by atoms with E-state index >= 15 is 0 Å². The zero-order valence-electron chi connectivity index (χ0n) is 7.85. The van der Waals surface area contributed by atoms with Crippen molar-refractivity contribution >= 4 is 0 Å². The summed E-state index contributed by atoms with van der Waals surface area (Å²) in [4.78, 5) is 8.35. The van der Waals surface area contributed by atoms with Crippen LogP contribution in [-0.2, 0) is 16.0 Å². The van der Waals surface area contributed by atoms with E-state index in [2.05, 4.69) is 9.97 Å². The third-order valence-electron chi connectivity index (χ3n) is 2.06. The van der Waals surface area contributed by atoms with Crippen molar-refractivity contribution in [2.75, 3.05) is 19.8 Å². The number of nitrogens with zero attached hydrogens (tertiary/aromatic N) is 2. The van der Waals surface area contributed by atoms with E-state index in [1.54, 1.807) is 12.4 Å². The number of hydrogen-bond acceptors (Lipinski definition) is 5. The average Bonchev–Trinajstić information content (AvgIpc) is 2.30. The largest absolute Gasteiger partial charge is 0.376 e. The lowest BCUT2D eigenvalue weighted by molar-refractivity contribution is -0.0935. The van der Waals surface area contributed by atoms with E-state index in [1.807, 2.05) is 0 Å². The first-order valence-corrected chi connectivity index (χ1v) is 4.60. The van der Waals surface area contributed by atoms with Crippen molar-refractivity contribution in [2.24, 2.45) is 5.73 Å². The van der Waals surface area contributed by atoms with Gasteiger partial charge >= 0.3 is 0 Å². The summed E-state index contributed by atoms with van der Waals surface area (Å²) in [6.07, 6.45) is 3.32. The standard InChI is InChI=1S/C9H13N3O2/c10-3-7-4-11-9(12-5-7)8-6-13-1-2-14-8/h4-5,8H,1-3,6,10H2. The second-order valence-electron chi connectivity index (χ2n) is 3.09. The summed E-state index contributed by atoms with van der Waals surface area (Å²) < 4.78 is 10.7. The van der Waals surface area contributed by atoms with Crippen LogP contribution in [0.3, 0.4) is 0 Å². The van der Waals surface area contributed by atoms with Gasteiger partial charge in [-0.05, 0) is 0 Å². The quantitative estimate of drug-likeness (QED) is 0.720. The maximum absolute atomic E-state index is 5.46. The third-order valence-corrected chi connectivity index (χ3v) is 2.06. The van der Waals surface area contributed by atoms with Crippen molar-refractivity contribution in [2.45, 2.75) is 12.6 Å². The van der Waals surface area contributed by atoms with Crippen LogP contribution in [0.15, 0.2) is 12.4 Å². The van der Waals surface area contributed by atoms with Crippen LogP contribution in [0.1, 0.15) is 17.5 Å². The summed E-state index contributed by atoms with van der Waals surface area (Å²) in [5.74, 6) is 0.668. The maximum atomic E-state index is 5.46. The highest BCUT2D eigenvalue weighted by Gasteiger charge is 2.18. The molecule has 0 aliphatic carbocycles. The molecule has 1 unspecified atom stereocenters. The Bertz CT molecular complexity index is 283. The van der Waals surface area contributed by atoms with E-state index in [0.717, 1.165) is 5.56 Å². The van der Waals surface area contributed by atoms with Crippen LogP contribution in [0.4, 0.5) is 0 Å². The van der Waals surface area contributed by atoms with Crippen LogP contribution in [0, 0.1) is 0 Å². The molecule has 5 nitrogen and oxygen atoms in total. The van der Waals surface area contributed by atoms with Gasteiger partial charge in [0.25, 0.3) is 0 Å². The lowest BCUT2D eigenvalue weighted by atomic mass is 10.3. The molecule has 1 atom stereocenters. The Balaban J connectivity index is 2.07. The summed E-state index contributed by atoms with van der Waals surface area (Å²) in [6, 6.07) is 0. The Morgan fingerprint density at radius 3 is 2.71 bits per heavy atom. The van der Waals surface area contributed by atoms with Crippen molar-refractivity contribution in [3.63, 3.8) is 0 Å². The minimum atomic E-state index is -0.129. The molecule has 0 bridgehead atoms. The van der Waals surface area contributed by atoms with Crippen LogP contribution < -0.4 is 5.73 Å². The van der Waals surface area contributed by atoms with Gasteiger partial charge in [-0.1, -0.05) is 0 Å². The van der Waals surface area contributed by atoms with Crippen LogP contribution in [0.25, 0.3) is 0 Å². The first-order chi connectivity index (χ1) is 6.90. The van der Waals surface area contributed by atoms with E-state index in [9.17, 15) is 0 Å². The lowest BCUT2D eigenvalue weighted by Gasteiger charge is -2.21. The van der Waals surface area contributed by atoms with E-state index in [-0.39, 0.29) is 6.10 Å². The van der Waals surface area contributed by atoms with Crippen LogP contribution in [0.2, 0.25) is 0 Å². The Morgan fingerprint density at radius 2 is 2.14 bits per heavy atom. The number of rotatable bonds is 2. The molecule has 0 spiro atoms. The Kier molecular flexibility index (Phi) is 3.03. The SMILES string of the molecule is NCc1cnc(C2COCCO2)nc1. The third kappa shape index (κ3) is 2.06. The van der Waals surface area contributed by atoms with Crippen molar-refractivity contribution in [3.05, 3.63) is 23.8 Å². The van der Waals surface area contributed by atoms with E-state index in [0.29, 0.717) is 32.2 Å². The molecule has 76 valence electrons. The fourth-order valence-electron chi connectivity index (χ4n) is 1.27. The van der Waals surface area contributed by atoms with Gasteiger partial charge in [0.2, 0.25) is 0 Å². The van der Waals surface area contributed by atoms with Crippen molar-refractivity contribution in [3.8, 4) is 0 Å². The van der Waals surface area contributed by atoms with Gasteiger partial charge in [0, 0.05) is 24.5 Å². The maximum Gasteiger partial charge on any atom is 0.159 e. The highest BCUT2D eigenvalue weighted by Crippen LogP contribution is 2.16. The predicted molar refractivity (Wildman–Crippen MR) is 49.4 cm³/mol. The Hall–Kier alpha value is -1.04. The molecule has 2 heterocycles. The molecule has 0 saturated carbocycles. The molecular weight excluding hydrogens is 182 g/mol. The van der Waals surface area contributed by atoms with E-state index in [4.69, 9.17) is 15.2 Å². The van der Waals surface area contributed by atoms with E-state index in [1.165, 1.54) is 0 Å². The van der Waals surface area contributed by atoms with Gasteiger partial charge in [-0.3, -0.25) is 0 Å². The molecule has 1 saturated heterocycles. The van der Waals surface area contributed by atoms with Gasteiger partial charge in [-0.2, -0.15) is 0 Å². The van der Waals surface area contributed by atoms with Gasteiger partial charge < -0.3 is 15.2 Å². The summed E-state index contributed by atoms with van der Waals surface area (Å²) in [5, 5.41) is 0. The molecule has 1 aliphatic heterocycles. The fourth-order valence-corrected chi connectivity index (χ4v) is 1.27. The predicted octanol–water partition coefficient (Wildman–Crippen LogP) is 0.0232. The first-order valence-electron chi connectivity index (χ1n) is 4.60. The van der Waals surface area contributed by atoms with Gasteiger partial charge in [0.1, 0.15) is 6.10 Å². The molecule has 1 aromatic heterocycles. The number of hydrogen-bond donors (Lipinski definition) is 1. The molecular formula is C9H13N3O2. The summed E-state index contributed by atoms with van der Waals surface area (Å²) in [7, 11) is 0. The molecule has 14 heavy (non-hydrogen) atoms. The first kappa shape index (κ1) is 9.51. The van der Waals surface area contributed by atoms with Crippen LogP contribution in [0.5, 0.6) is 0 Å². The molecule has 2 N–H and O–H groups in total. The molecule has 1 aliphatic rings. The van der Waals surface area contributed by atoms with E-state index < -0.39 is 0 Å². The average molecular weight is 195 g/mol. The second-order valence-corrected chi connectivity index (χ2v) is 3.09. The minimum Gasteiger partial charge on any atom is -0.376 e. The number of aromatic nitrogens is 2. The van der Waals surface area contributed by atoms with Gasteiger partial charge in [0.15, 0.2) is 5.82 Å². The minimum absolute atomic E-state index is 0.129. The summed E-state index contributed by atoms with van der Waals surface area (Å²) >= 11 is 0. The molecule has 5 heteroatoms. The van der Waals surface area contributed by atoms with Crippen LogP contribution in [-0.4, -0.2) is 29.8 Å². The molecule has 0 radical (unpaired) electrons. The molecule has 2 rings (SSSR count). The molecule has 1 aromatic rings. The highest BCUT2D eigenvalue weighted by atomic mass is 16.6. The van der Waals surface area contributed by atoms with Crippen LogP contribution >= 0.6 is 0 Å². The number of ether oxygens (including phenoxy) is 2. The monoisotopic (exact) mass is 195 g/mol. The zero-order chi connectivity index (χ0) is 9.80. The second kappa shape index (κ2) is 4.45. The van der Waals surface area contributed by atoms with Gasteiger partial charge in [-0.15, -0.1) is 0 Å². The zero-order valence-corrected chi connectivity index (χ0v) is 7.85. The highest BCUT2D eigenvalue weighted by molar-refractivity contribution is 5.05. The van der Waals surface area contributed by atoms with Gasteiger partial charge in [0.05, 0.1) is 19.8 Å². The molecule has 0 aromatic carbocycles. The van der Waals surface area contributed by atoms with Crippen molar-refractivity contribution in [1.82, 2.24) is 9.97 Å². The topological polar surface area (TPSA) is 70.3 Å². The van der Waals surface area contributed by atoms with Crippen molar-refractivity contribution < 1.29 is 9.47 Å². The number of nitrogens with two attached hydrogens (primary N) is 1. The normalized spacial score (nSPS) is 22.2. The smallest absolute Gasteiger partial charge is 0.159 e. The summed E-state index contributed by atoms with van der Waals surface area (Å²) in [6.45, 7) is 2.24. The molecule has 0 amide bonds. The van der Waals surface area contributed by atoms with Crippen molar-refractivity contribution in [1.29, 1.82) is 0 Å². The fraction of sp³-hybridized carbons (Fsp3) is 0.556. The molecule has 1 fully saturated rings. The Morgan fingerprint density at radius 1 is 1.36 bits per heavy atom.